The van der Waals surface area contributed by atoms with E-state index >= 15 is 0 Å². The normalized spacial score (nSPS) is 17.5. The van der Waals surface area contributed by atoms with Gasteiger partial charge in [0.05, 0.1) is 0 Å². The molecule has 0 amide bonds. The first-order valence-electron chi connectivity index (χ1n) is 4.79. The molecule has 1 aromatic heterocycles. The first-order valence-corrected chi connectivity index (χ1v) is 5.87. The fraction of sp³-hybridized carbons (Fsp3) is 0.545. The molecule has 0 aliphatic carbocycles. The lowest BCUT2D eigenvalue weighted by atomic mass is 10.0. The van der Waals surface area contributed by atoms with Crippen molar-refractivity contribution >= 4 is 22.6 Å². The molecule has 78 valence electrons. The standard InChI is InChI=1S/C11H15FIN/c1-4-8(2)10-6-5-9(7-14-10)11(3,12)13/h5-8H,4H2,1-3H3. The van der Waals surface area contributed by atoms with Crippen molar-refractivity contribution in [3.63, 3.8) is 0 Å². The van der Waals surface area contributed by atoms with E-state index in [1.54, 1.807) is 28.8 Å². The van der Waals surface area contributed by atoms with Crippen LogP contribution in [-0.2, 0) is 3.68 Å². The molecule has 1 nitrogen and oxygen atoms in total. The molecule has 0 fully saturated rings. The van der Waals surface area contributed by atoms with Gasteiger partial charge in [-0.25, -0.2) is 4.39 Å². The number of hydrogen-bond acceptors (Lipinski definition) is 1. The molecule has 0 aliphatic rings. The summed E-state index contributed by atoms with van der Waals surface area (Å²) in [4.78, 5) is 4.27. The van der Waals surface area contributed by atoms with E-state index in [-0.39, 0.29) is 0 Å². The van der Waals surface area contributed by atoms with Gasteiger partial charge in [-0.2, -0.15) is 0 Å². The Morgan fingerprint density at radius 3 is 2.57 bits per heavy atom. The lowest BCUT2D eigenvalue weighted by Crippen LogP contribution is -2.06. The summed E-state index contributed by atoms with van der Waals surface area (Å²) in [5.41, 5.74) is 1.67. The van der Waals surface area contributed by atoms with E-state index in [9.17, 15) is 4.39 Å². The smallest absolute Gasteiger partial charge is 0.184 e. The van der Waals surface area contributed by atoms with Crippen LogP contribution in [0.15, 0.2) is 18.3 Å². The van der Waals surface area contributed by atoms with Crippen LogP contribution in [0, 0.1) is 0 Å². The first-order chi connectivity index (χ1) is 6.45. The Bertz CT molecular complexity index is 289. The van der Waals surface area contributed by atoms with Gasteiger partial charge in [0.1, 0.15) is 0 Å². The fourth-order valence-corrected chi connectivity index (χ4v) is 1.48. The summed E-state index contributed by atoms with van der Waals surface area (Å²) in [5.74, 6) is 0.448. The van der Waals surface area contributed by atoms with Crippen LogP contribution in [0.5, 0.6) is 0 Å². The lowest BCUT2D eigenvalue weighted by Gasteiger charge is -2.13. The van der Waals surface area contributed by atoms with Crippen molar-refractivity contribution in [3.05, 3.63) is 29.6 Å². The molecule has 0 aromatic carbocycles. The van der Waals surface area contributed by atoms with E-state index in [2.05, 4.69) is 18.8 Å². The van der Waals surface area contributed by atoms with Gasteiger partial charge in [-0.05, 0) is 47.9 Å². The average molecular weight is 307 g/mol. The summed E-state index contributed by atoms with van der Waals surface area (Å²) < 4.78 is 12.2. The number of rotatable bonds is 3. The summed E-state index contributed by atoms with van der Waals surface area (Å²) in [6.07, 6.45) is 2.69. The largest absolute Gasteiger partial charge is 0.261 e. The molecule has 14 heavy (non-hydrogen) atoms. The minimum absolute atomic E-state index is 0.448. The van der Waals surface area contributed by atoms with Crippen molar-refractivity contribution in [1.82, 2.24) is 4.98 Å². The predicted octanol–water partition coefficient (Wildman–Crippen LogP) is 4.17. The van der Waals surface area contributed by atoms with Crippen molar-refractivity contribution in [2.24, 2.45) is 0 Å². The van der Waals surface area contributed by atoms with E-state index in [0.29, 0.717) is 11.5 Å². The third-order valence-electron chi connectivity index (χ3n) is 2.41. The van der Waals surface area contributed by atoms with Gasteiger partial charge in [0.25, 0.3) is 0 Å². The van der Waals surface area contributed by atoms with Gasteiger partial charge < -0.3 is 0 Å². The Hall–Kier alpha value is -0.190. The molecule has 0 spiro atoms. The molecule has 1 heterocycles. The molecule has 3 heteroatoms. The maximum atomic E-state index is 13.5. The van der Waals surface area contributed by atoms with Crippen molar-refractivity contribution < 1.29 is 4.39 Å². The summed E-state index contributed by atoms with van der Waals surface area (Å²) in [6.45, 7) is 5.78. The van der Waals surface area contributed by atoms with Crippen molar-refractivity contribution in [2.75, 3.05) is 0 Å². The van der Waals surface area contributed by atoms with Crippen LogP contribution in [0.2, 0.25) is 0 Å². The average Bonchev–Trinajstić information content (AvgIpc) is 2.15. The van der Waals surface area contributed by atoms with E-state index < -0.39 is 3.68 Å². The van der Waals surface area contributed by atoms with Crippen LogP contribution in [0.1, 0.15) is 44.4 Å². The second-order valence-corrected chi connectivity index (χ2v) is 5.70. The Morgan fingerprint density at radius 2 is 2.21 bits per heavy atom. The van der Waals surface area contributed by atoms with Crippen molar-refractivity contribution in [1.29, 1.82) is 0 Å². The van der Waals surface area contributed by atoms with Crippen LogP contribution in [0.25, 0.3) is 0 Å². The zero-order chi connectivity index (χ0) is 10.8. The van der Waals surface area contributed by atoms with Crippen LogP contribution >= 0.6 is 22.6 Å². The molecule has 1 aromatic rings. The van der Waals surface area contributed by atoms with Crippen LogP contribution in [0.3, 0.4) is 0 Å². The molecule has 0 bridgehead atoms. The van der Waals surface area contributed by atoms with Crippen LogP contribution in [-0.4, -0.2) is 4.98 Å². The molecule has 0 saturated heterocycles. The number of hydrogen-bond donors (Lipinski definition) is 0. The van der Waals surface area contributed by atoms with Gasteiger partial charge in [0.2, 0.25) is 0 Å². The monoisotopic (exact) mass is 307 g/mol. The summed E-state index contributed by atoms with van der Waals surface area (Å²) in [7, 11) is 0. The maximum absolute atomic E-state index is 13.5. The number of aromatic nitrogens is 1. The van der Waals surface area contributed by atoms with Crippen LogP contribution in [0.4, 0.5) is 4.39 Å². The van der Waals surface area contributed by atoms with E-state index in [4.69, 9.17) is 0 Å². The topological polar surface area (TPSA) is 12.9 Å². The Kier molecular flexibility index (Phi) is 3.86. The van der Waals surface area contributed by atoms with Gasteiger partial charge in [-0.1, -0.05) is 19.9 Å². The molecular formula is C11H15FIN. The highest BCUT2D eigenvalue weighted by atomic mass is 127. The molecule has 0 aliphatic heterocycles. The predicted molar refractivity (Wildman–Crippen MR) is 65.4 cm³/mol. The number of nitrogens with zero attached hydrogens (tertiary/aromatic N) is 1. The lowest BCUT2D eigenvalue weighted by molar-refractivity contribution is 0.348. The van der Waals surface area contributed by atoms with Gasteiger partial charge >= 0.3 is 0 Å². The Balaban J connectivity index is 2.89. The summed E-state index contributed by atoms with van der Waals surface area (Å²) in [5, 5.41) is 0. The number of halogens is 2. The summed E-state index contributed by atoms with van der Waals surface area (Å²) in [6, 6.07) is 3.74. The first kappa shape index (κ1) is 11.9. The van der Waals surface area contributed by atoms with Gasteiger partial charge in [-0.3, -0.25) is 4.98 Å². The van der Waals surface area contributed by atoms with E-state index in [1.165, 1.54) is 6.92 Å². The van der Waals surface area contributed by atoms with Gasteiger partial charge in [0, 0.05) is 17.5 Å². The quantitative estimate of drug-likeness (QED) is 0.603. The SMILES string of the molecule is CCC(C)c1ccc(C(C)(F)I)cn1. The second-order valence-electron chi connectivity index (χ2n) is 3.67. The fourth-order valence-electron chi connectivity index (χ4n) is 1.17. The van der Waals surface area contributed by atoms with E-state index in [1.807, 2.05) is 12.1 Å². The molecule has 0 radical (unpaired) electrons. The molecule has 0 saturated carbocycles. The van der Waals surface area contributed by atoms with Crippen LogP contribution < -0.4 is 0 Å². The molecule has 0 N–H and O–H groups in total. The highest BCUT2D eigenvalue weighted by Crippen LogP contribution is 2.32. The molecular weight excluding hydrogens is 292 g/mol. The van der Waals surface area contributed by atoms with Crippen molar-refractivity contribution in [2.45, 2.75) is 36.8 Å². The third kappa shape index (κ3) is 2.90. The molecule has 2 unspecified atom stereocenters. The van der Waals surface area contributed by atoms with Crippen molar-refractivity contribution in [3.8, 4) is 0 Å². The van der Waals surface area contributed by atoms with Gasteiger partial charge in [0.15, 0.2) is 3.68 Å². The third-order valence-corrected chi connectivity index (χ3v) is 3.03. The van der Waals surface area contributed by atoms with Gasteiger partial charge in [-0.15, -0.1) is 0 Å². The zero-order valence-corrected chi connectivity index (χ0v) is 10.9. The summed E-state index contributed by atoms with van der Waals surface area (Å²) >= 11 is 1.77. The maximum Gasteiger partial charge on any atom is 0.184 e. The highest BCUT2D eigenvalue weighted by Gasteiger charge is 2.21. The second kappa shape index (κ2) is 4.55. The Labute approximate surface area is 98.3 Å². The molecule has 1 rings (SSSR count). The minimum Gasteiger partial charge on any atom is -0.261 e. The number of alkyl halides is 2. The minimum atomic E-state index is -1.32. The number of pyridine rings is 1. The molecule has 2 atom stereocenters. The Morgan fingerprint density at radius 1 is 1.57 bits per heavy atom. The zero-order valence-electron chi connectivity index (χ0n) is 8.72. The van der Waals surface area contributed by atoms with E-state index in [0.717, 1.165) is 12.1 Å². The highest BCUT2D eigenvalue weighted by molar-refractivity contribution is 14.1.